The molecule has 1 amide bonds. The molecule has 0 spiro atoms. The maximum Gasteiger partial charge on any atom is 0.224 e. The molecule has 2 N–H and O–H groups in total. The van der Waals surface area contributed by atoms with Gasteiger partial charge in [-0.3, -0.25) is 4.79 Å². The van der Waals surface area contributed by atoms with E-state index in [0.717, 1.165) is 31.4 Å². The summed E-state index contributed by atoms with van der Waals surface area (Å²) in [7, 11) is 0. The monoisotopic (exact) mass is 302 g/mol. The molecule has 3 heteroatoms. The molecule has 2 unspecified atom stereocenters. The van der Waals surface area contributed by atoms with E-state index in [2.05, 4.69) is 18.7 Å². The normalized spacial score (nSPS) is 20.2. The van der Waals surface area contributed by atoms with Crippen LogP contribution in [0, 0.1) is 5.92 Å². The molecule has 1 aromatic carbocycles. The van der Waals surface area contributed by atoms with E-state index in [1.807, 2.05) is 30.3 Å². The van der Waals surface area contributed by atoms with Gasteiger partial charge in [-0.1, -0.05) is 44.2 Å². The minimum absolute atomic E-state index is 0.193. The predicted octanol–water partition coefficient (Wildman–Crippen LogP) is 3.89. The maximum atomic E-state index is 12.7. The SMILES string of the molecule is CC(C)CCC1CCCCN1C(=O)CC(N)c1ccccc1. The highest BCUT2D eigenvalue weighted by atomic mass is 16.2. The number of hydrogen-bond donors (Lipinski definition) is 1. The van der Waals surface area contributed by atoms with Crippen LogP contribution in [0.1, 0.15) is 64.0 Å². The minimum Gasteiger partial charge on any atom is -0.340 e. The second-order valence-electron chi connectivity index (χ2n) is 6.93. The third-order valence-corrected chi connectivity index (χ3v) is 4.65. The Morgan fingerprint density at radius 3 is 2.68 bits per heavy atom. The van der Waals surface area contributed by atoms with Crippen LogP contribution in [0.3, 0.4) is 0 Å². The fourth-order valence-corrected chi connectivity index (χ4v) is 3.28. The third-order valence-electron chi connectivity index (χ3n) is 4.65. The van der Waals surface area contributed by atoms with Gasteiger partial charge in [-0.05, 0) is 43.6 Å². The Bertz CT molecular complexity index is 458. The molecule has 122 valence electrons. The quantitative estimate of drug-likeness (QED) is 0.866. The van der Waals surface area contributed by atoms with Gasteiger partial charge in [-0.2, -0.15) is 0 Å². The Morgan fingerprint density at radius 1 is 1.27 bits per heavy atom. The predicted molar refractivity (Wildman–Crippen MR) is 91.4 cm³/mol. The highest BCUT2D eigenvalue weighted by Crippen LogP contribution is 2.25. The van der Waals surface area contributed by atoms with Gasteiger partial charge in [0.1, 0.15) is 0 Å². The van der Waals surface area contributed by atoms with Crippen LogP contribution >= 0.6 is 0 Å². The summed E-state index contributed by atoms with van der Waals surface area (Å²) in [4.78, 5) is 14.8. The first-order valence-electron chi connectivity index (χ1n) is 8.68. The highest BCUT2D eigenvalue weighted by molar-refractivity contribution is 5.77. The van der Waals surface area contributed by atoms with Crippen molar-refractivity contribution < 1.29 is 4.79 Å². The van der Waals surface area contributed by atoms with Crippen molar-refractivity contribution in [2.24, 2.45) is 11.7 Å². The molecule has 1 aromatic rings. The lowest BCUT2D eigenvalue weighted by Crippen LogP contribution is -2.44. The molecule has 1 heterocycles. The van der Waals surface area contributed by atoms with Gasteiger partial charge in [0.2, 0.25) is 5.91 Å². The summed E-state index contributed by atoms with van der Waals surface area (Å²) in [5.74, 6) is 0.926. The molecule has 0 aliphatic carbocycles. The lowest BCUT2D eigenvalue weighted by Gasteiger charge is -2.37. The van der Waals surface area contributed by atoms with Crippen LogP contribution in [0.2, 0.25) is 0 Å². The molecule has 2 rings (SSSR count). The van der Waals surface area contributed by atoms with E-state index < -0.39 is 0 Å². The van der Waals surface area contributed by atoms with Crippen molar-refractivity contribution in [1.29, 1.82) is 0 Å². The van der Waals surface area contributed by atoms with Crippen LogP contribution in [0.25, 0.3) is 0 Å². The molecule has 3 nitrogen and oxygen atoms in total. The zero-order valence-electron chi connectivity index (χ0n) is 14.0. The molecule has 0 aromatic heterocycles. The van der Waals surface area contributed by atoms with Gasteiger partial charge in [0.25, 0.3) is 0 Å². The molecule has 1 aliphatic heterocycles. The van der Waals surface area contributed by atoms with Crippen LogP contribution < -0.4 is 5.73 Å². The second kappa shape index (κ2) is 8.33. The largest absolute Gasteiger partial charge is 0.340 e. The molecule has 1 aliphatic rings. The Hall–Kier alpha value is -1.35. The van der Waals surface area contributed by atoms with Gasteiger partial charge >= 0.3 is 0 Å². The molecule has 0 radical (unpaired) electrons. The molecule has 22 heavy (non-hydrogen) atoms. The lowest BCUT2D eigenvalue weighted by molar-refractivity contribution is -0.135. The zero-order valence-corrected chi connectivity index (χ0v) is 14.0. The zero-order chi connectivity index (χ0) is 15.9. The lowest BCUT2D eigenvalue weighted by atomic mass is 9.94. The van der Waals surface area contributed by atoms with E-state index in [0.29, 0.717) is 18.4 Å². The van der Waals surface area contributed by atoms with Gasteiger partial charge < -0.3 is 10.6 Å². The Labute approximate surface area is 134 Å². The highest BCUT2D eigenvalue weighted by Gasteiger charge is 2.27. The first-order valence-corrected chi connectivity index (χ1v) is 8.68. The van der Waals surface area contributed by atoms with Crippen LogP contribution in [0.5, 0.6) is 0 Å². The number of benzene rings is 1. The number of amides is 1. The minimum atomic E-state index is -0.193. The van der Waals surface area contributed by atoms with Crippen LogP contribution in [0.4, 0.5) is 0 Å². The van der Waals surface area contributed by atoms with E-state index in [1.165, 1.54) is 12.8 Å². The molecule has 0 saturated carbocycles. The van der Waals surface area contributed by atoms with Crippen molar-refractivity contribution in [3.05, 3.63) is 35.9 Å². The third kappa shape index (κ3) is 4.84. The van der Waals surface area contributed by atoms with Crippen molar-refractivity contribution in [3.63, 3.8) is 0 Å². The maximum absolute atomic E-state index is 12.7. The number of carbonyl (C=O) groups excluding carboxylic acids is 1. The Morgan fingerprint density at radius 2 is 2.00 bits per heavy atom. The van der Waals surface area contributed by atoms with Gasteiger partial charge in [0.05, 0.1) is 0 Å². The summed E-state index contributed by atoms with van der Waals surface area (Å²) in [6.45, 7) is 5.41. The number of carbonyl (C=O) groups is 1. The fraction of sp³-hybridized carbons (Fsp3) is 0.632. The van der Waals surface area contributed by atoms with E-state index in [4.69, 9.17) is 5.73 Å². The number of hydrogen-bond acceptors (Lipinski definition) is 2. The summed E-state index contributed by atoms with van der Waals surface area (Å²) < 4.78 is 0. The van der Waals surface area contributed by atoms with Crippen LogP contribution in [-0.2, 0) is 4.79 Å². The molecule has 2 atom stereocenters. The Balaban J connectivity index is 1.93. The van der Waals surface area contributed by atoms with Crippen molar-refractivity contribution in [2.45, 2.75) is 64.5 Å². The fourth-order valence-electron chi connectivity index (χ4n) is 3.28. The molecule has 1 saturated heterocycles. The summed E-state index contributed by atoms with van der Waals surface area (Å²) in [5, 5.41) is 0. The summed E-state index contributed by atoms with van der Waals surface area (Å²) in [6, 6.07) is 10.2. The summed E-state index contributed by atoms with van der Waals surface area (Å²) in [5.41, 5.74) is 7.27. The molecule has 1 fully saturated rings. The van der Waals surface area contributed by atoms with Gasteiger partial charge in [0.15, 0.2) is 0 Å². The second-order valence-corrected chi connectivity index (χ2v) is 6.93. The van der Waals surface area contributed by atoms with Crippen LogP contribution in [0.15, 0.2) is 30.3 Å². The number of nitrogens with two attached hydrogens (primary N) is 1. The number of likely N-dealkylation sites (tertiary alicyclic amines) is 1. The van der Waals surface area contributed by atoms with E-state index in [1.54, 1.807) is 0 Å². The van der Waals surface area contributed by atoms with Gasteiger partial charge in [0, 0.05) is 25.0 Å². The number of rotatable bonds is 6. The molecule has 0 bridgehead atoms. The molecular formula is C19H30N2O. The van der Waals surface area contributed by atoms with E-state index >= 15 is 0 Å². The van der Waals surface area contributed by atoms with E-state index in [9.17, 15) is 4.79 Å². The van der Waals surface area contributed by atoms with Crippen molar-refractivity contribution in [3.8, 4) is 0 Å². The summed E-state index contributed by atoms with van der Waals surface area (Å²) >= 11 is 0. The smallest absolute Gasteiger partial charge is 0.224 e. The summed E-state index contributed by atoms with van der Waals surface area (Å²) in [6.07, 6.45) is 6.27. The Kier molecular flexibility index (Phi) is 6.44. The van der Waals surface area contributed by atoms with Crippen molar-refractivity contribution >= 4 is 5.91 Å². The average molecular weight is 302 g/mol. The average Bonchev–Trinajstić information content (AvgIpc) is 2.54. The standard InChI is InChI=1S/C19H30N2O/c1-15(2)11-12-17-10-6-7-13-21(17)19(22)14-18(20)16-8-4-3-5-9-16/h3-5,8-9,15,17-18H,6-7,10-14,20H2,1-2H3. The number of nitrogens with zero attached hydrogens (tertiary/aromatic N) is 1. The first kappa shape index (κ1) is 17.0. The van der Waals surface area contributed by atoms with Gasteiger partial charge in [-0.15, -0.1) is 0 Å². The van der Waals surface area contributed by atoms with E-state index in [-0.39, 0.29) is 11.9 Å². The van der Waals surface area contributed by atoms with Crippen molar-refractivity contribution in [2.75, 3.05) is 6.54 Å². The molecular weight excluding hydrogens is 272 g/mol. The van der Waals surface area contributed by atoms with Gasteiger partial charge in [-0.25, -0.2) is 0 Å². The van der Waals surface area contributed by atoms with Crippen LogP contribution in [-0.4, -0.2) is 23.4 Å². The first-order chi connectivity index (χ1) is 10.6. The van der Waals surface area contributed by atoms with Crippen molar-refractivity contribution in [1.82, 2.24) is 4.90 Å². The number of piperidine rings is 1. The topological polar surface area (TPSA) is 46.3 Å².